The van der Waals surface area contributed by atoms with Crippen LogP contribution in [0.5, 0.6) is 5.75 Å². The zero-order valence-corrected chi connectivity index (χ0v) is 11.8. The highest BCUT2D eigenvalue weighted by Gasteiger charge is 2.25. The fourth-order valence-corrected chi connectivity index (χ4v) is 2.96. The van der Waals surface area contributed by atoms with Crippen LogP contribution in [0, 0.1) is 0 Å². The van der Waals surface area contributed by atoms with Crippen LogP contribution in [0.1, 0.15) is 22.7 Å². The summed E-state index contributed by atoms with van der Waals surface area (Å²) in [5.74, 6) is 0.195. The minimum Gasteiger partial charge on any atom is -0.435 e. The summed E-state index contributed by atoms with van der Waals surface area (Å²) in [6.07, 6.45) is 1.04. The monoisotopic (exact) mass is 289 g/mol. The van der Waals surface area contributed by atoms with E-state index in [4.69, 9.17) is 0 Å². The number of ether oxygens (including phenoxy) is 1. The number of nitrogens with zero attached hydrogens (tertiary/aromatic N) is 1. The van der Waals surface area contributed by atoms with Crippen LogP contribution in [0.3, 0.4) is 0 Å². The molecule has 1 heterocycles. The van der Waals surface area contributed by atoms with Crippen molar-refractivity contribution in [1.29, 1.82) is 0 Å². The Morgan fingerprint density at radius 1 is 1.10 bits per heavy atom. The fraction of sp³-hybridized carbons (Fsp3) is 0.294. The van der Waals surface area contributed by atoms with Gasteiger partial charge in [0.2, 0.25) is 0 Å². The lowest BCUT2D eigenvalue weighted by Crippen LogP contribution is -2.32. The van der Waals surface area contributed by atoms with Crippen LogP contribution in [0.4, 0.5) is 8.78 Å². The lowest BCUT2D eigenvalue weighted by atomic mass is 9.88. The maximum absolute atomic E-state index is 12.2. The van der Waals surface area contributed by atoms with Gasteiger partial charge in [0.25, 0.3) is 0 Å². The average Bonchev–Trinajstić information content (AvgIpc) is 2.48. The first kappa shape index (κ1) is 14.0. The molecule has 0 aliphatic carbocycles. The maximum Gasteiger partial charge on any atom is 0.387 e. The van der Waals surface area contributed by atoms with Gasteiger partial charge in [-0.1, -0.05) is 36.4 Å². The Morgan fingerprint density at radius 2 is 1.81 bits per heavy atom. The van der Waals surface area contributed by atoms with E-state index in [1.54, 1.807) is 12.1 Å². The van der Waals surface area contributed by atoms with E-state index >= 15 is 0 Å². The molecule has 2 nitrogen and oxygen atoms in total. The molecule has 110 valence electrons. The van der Waals surface area contributed by atoms with Gasteiger partial charge in [0.05, 0.1) is 6.04 Å². The van der Waals surface area contributed by atoms with E-state index in [2.05, 4.69) is 34.9 Å². The molecular weight excluding hydrogens is 272 g/mol. The molecule has 0 spiro atoms. The molecule has 1 aliphatic rings. The van der Waals surface area contributed by atoms with Crippen molar-refractivity contribution >= 4 is 0 Å². The van der Waals surface area contributed by atoms with E-state index in [0.29, 0.717) is 0 Å². The zero-order chi connectivity index (χ0) is 14.8. The molecule has 0 fully saturated rings. The second-order valence-corrected chi connectivity index (χ2v) is 5.28. The van der Waals surface area contributed by atoms with Crippen molar-refractivity contribution in [2.75, 3.05) is 13.6 Å². The minimum absolute atomic E-state index is 0.163. The van der Waals surface area contributed by atoms with Gasteiger partial charge < -0.3 is 4.74 Å². The Kier molecular flexibility index (Phi) is 3.88. The average molecular weight is 289 g/mol. The highest BCUT2D eigenvalue weighted by Crippen LogP contribution is 2.34. The van der Waals surface area contributed by atoms with E-state index < -0.39 is 6.61 Å². The molecule has 1 atom stereocenters. The predicted octanol–water partition coefficient (Wildman–Crippen LogP) is 3.87. The van der Waals surface area contributed by atoms with Gasteiger partial charge in [0, 0.05) is 6.54 Å². The SMILES string of the molecule is CN1CCc2ccccc2C1c1ccc(OC(F)F)cc1. The largest absolute Gasteiger partial charge is 0.435 e. The second kappa shape index (κ2) is 5.82. The summed E-state index contributed by atoms with van der Waals surface area (Å²) >= 11 is 0. The van der Waals surface area contributed by atoms with Gasteiger partial charge >= 0.3 is 6.61 Å². The first-order chi connectivity index (χ1) is 10.1. The highest BCUT2D eigenvalue weighted by atomic mass is 19.3. The molecule has 0 saturated heterocycles. The van der Waals surface area contributed by atoms with Crippen molar-refractivity contribution in [3.8, 4) is 5.75 Å². The zero-order valence-electron chi connectivity index (χ0n) is 11.8. The summed E-state index contributed by atoms with van der Waals surface area (Å²) < 4.78 is 28.8. The quantitative estimate of drug-likeness (QED) is 0.850. The smallest absolute Gasteiger partial charge is 0.387 e. The van der Waals surface area contributed by atoms with Crippen LogP contribution in [-0.2, 0) is 6.42 Å². The Hall–Kier alpha value is -1.94. The van der Waals surface area contributed by atoms with Gasteiger partial charge in [-0.2, -0.15) is 8.78 Å². The lowest BCUT2D eigenvalue weighted by molar-refractivity contribution is -0.0498. The Labute approximate surface area is 123 Å². The van der Waals surface area contributed by atoms with Gasteiger partial charge in [0.1, 0.15) is 5.75 Å². The summed E-state index contributed by atoms with van der Waals surface area (Å²) in [5, 5.41) is 0. The molecule has 1 aliphatic heterocycles. The number of benzene rings is 2. The van der Waals surface area contributed by atoms with E-state index in [9.17, 15) is 8.78 Å². The number of hydrogen-bond donors (Lipinski definition) is 0. The molecule has 3 rings (SSSR count). The molecule has 0 radical (unpaired) electrons. The molecule has 0 bridgehead atoms. The van der Waals surface area contributed by atoms with Gasteiger partial charge in [-0.25, -0.2) is 0 Å². The van der Waals surface area contributed by atoms with Crippen LogP contribution >= 0.6 is 0 Å². The number of halogens is 2. The summed E-state index contributed by atoms with van der Waals surface area (Å²) in [7, 11) is 2.09. The van der Waals surface area contributed by atoms with Gasteiger partial charge in [-0.3, -0.25) is 4.90 Å². The normalized spacial score (nSPS) is 18.6. The van der Waals surface area contributed by atoms with Gasteiger partial charge in [-0.05, 0) is 42.3 Å². The van der Waals surface area contributed by atoms with Crippen LogP contribution in [0.25, 0.3) is 0 Å². The summed E-state index contributed by atoms with van der Waals surface area (Å²) in [4.78, 5) is 2.28. The van der Waals surface area contributed by atoms with Crippen molar-refractivity contribution in [3.05, 3.63) is 65.2 Å². The Balaban J connectivity index is 1.92. The third-order valence-electron chi connectivity index (χ3n) is 3.95. The van der Waals surface area contributed by atoms with Crippen molar-refractivity contribution in [2.24, 2.45) is 0 Å². The minimum atomic E-state index is -2.78. The molecular formula is C17H17F2NO. The molecule has 21 heavy (non-hydrogen) atoms. The Morgan fingerprint density at radius 3 is 2.52 bits per heavy atom. The van der Waals surface area contributed by atoms with E-state index in [-0.39, 0.29) is 11.8 Å². The molecule has 4 heteroatoms. The molecule has 0 aromatic heterocycles. The molecule has 2 aromatic carbocycles. The van der Waals surface area contributed by atoms with Crippen molar-refractivity contribution in [1.82, 2.24) is 4.90 Å². The van der Waals surface area contributed by atoms with E-state index in [0.717, 1.165) is 18.5 Å². The first-order valence-corrected chi connectivity index (χ1v) is 6.98. The van der Waals surface area contributed by atoms with Crippen molar-refractivity contribution < 1.29 is 13.5 Å². The van der Waals surface area contributed by atoms with Crippen molar-refractivity contribution in [2.45, 2.75) is 19.1 Å². The third-order valence-corrected chi connectivity index (χ3v) is 3.95. The number of alkyl halides is 2. The van der Waals surface area contributed by atoms with Gasteiger partial charge in [-0.15, -0.1) is 0 Å². The van der Waals surface area contributed by atoms with Crippen LogP contribution < -0.4 is 4.74 Å². The fourth-order valence-electron chi connectivity index (χ4n) is 2.96. The number of rotatable bonds is 3. The van der Waals surface area contributed by atoms with Crippen LogP contribution in [0.2, 0.25) is 0 Å². The topological polar surface area (TPSA) is 12.5 Å². The van der Waals surface area contributed by atoms with Crippen LogP contribution in [0.15, 0.2) is 48.5 Å². The Bertz CT molecular complexity index is 612. The number of hydrogen-bond acceptors (Lipinski definition) is 2. The molecule has 1 unspecified atom stereocenters. The number of likely N-dealkylation sites (N-methyl/N-ethyl adjacent to an activating group) is 1. The maximum atomic E-state index is 12.2. The predicted molar refractivity (Wildman–Crippen MR) is 77.7 cm³/mol. The first-order valence-electron chi connectivity index (χ1n) is 6.98. The third kappa shape index (κ3) is 2.90. The molecule has 0 amide bonds. The molecule has 0 N–H and O–H groups in total. The standard InChI is InChI=1S/C17H17F2NO/c1-20-11-10-12-4-2-3-5-15(12)16(20)13-6-8-14(9-7-13)21-17(18)19/h2-9,16-17H,10-11H2,1H3. The number of fused-ring (bicyclic) bond motifs is 1. The summed E-state index contributed by atoms with van der Waals surface area (Å²) in [6.45, 7) is -1.80. The summed E-state index contributed by atoms with van der Waals surface area (Å²) in [6, 6.07) is 15.5. The molecule has 0 saturated carbocycles. The molecule has 2 aromatic rings. The van der Waals surface area contributed by atoms with Crippen LogP contribution in [-0.4, -0.2) is 25.1 Å². The highest BCUT2D eigenvalue weighted by molar-refractivity contribution is 5.41. The van der Waals surface area contributed by atoms with Crippen molar-refractivity contribution in [3.63, 3.8) is 0 Å². The summed E-state index contributed by atoms with van der Waals surface area (Å²) in [5.41, 5.74) is 3.73. The second-order valence-electron chi connectivity index (χ2n) is 5.28. The lowest BCUT2D eigenvalue weighted by Gasteiger charge is -2.35. The van der Waals surface area contributed by atoms with E-state index in [1.807, 2.05) is 18.2 Å². The van der Waals surface area contributed by atoms with E-state index in [1.165, 1.54) is 11.1 Å². The van der Waals surface area contributed by atoms with Gasteiger partial charge in [0.15, 0.2) is 0 Å².